The molecule has 0 aliphatic heterocycles. The van der Waals surface area contributed by atoms with E-state index in [1.807, 2.05) is 6.08 Å². The zero-order chi connectivity index (χ0) is 55.0. The lowest BCUT2D eigenvalue weighted by Crippen LogP contribution is -2.45. The summed E-state index contributed by atoms with van der Waals surface area (Å²) in [6, 6.07) is -0.636. The van der Waals surface area contributed by atoms with Crippen LogP contribution in [0, 0.1) is 0 Å². The second-order valence-electron chi connectivity index (χ2n) is 23.1. The van der Waals surface area contributed by atoms with E-state index >= 15 is 0 Å². The van der Waals surface area contributed by atoms with Gasteiger partial charge in [-0.25, -0.2) is 0 Å². The fraction of sp³-hybridized carbons (Fsp3) is 0.857. The fourth-order valence-electron chi connectivity index (χ4n) is 10.4. The quantitative estimate of drug-likeness (QED) is 0.0320. The molecular weight excluding hydrogens is 935 g/mol. The summed E-state index contributed by atoms with van der Waals surface area (Å²) >= 11 is 0. The average molecular weight is 1070 g/mol. The summed E-state index contributed by atoms with van der Waals surface area (Å²) in [6.07, 6.45) is 84.5. The molecule has 0 aromatic heterocycles. The molecule has 0 heterocycles. The van der Waals surface area contributed by atoms with Crippen molar-refractivity contribution < 1.29 is 24.5 Å². The third-order valence-electron chi connectivity index (χ3n) is 15.6. The summed E-state index contributed by atoms with van der Waals surface area (Å²) in [5.74, 6) is -0.0733. The number of amides is 1. The van der Waals surface area contributed by atoms with Crippen molar-refractivity contribution in [2.75, 3.05) is 13.2 Å². The predicted octanol–water partition coefficient (Wildman–Crippen LogP) is 21.7. The molecule has 0 aliphatic rings. The van der Waals surface area contributed by atoms with Gasteiger partial charge in [0.15, 0.2) is 0 Å². The van der Waals surface area contributed by atoms with E-state index in [2.05, 4.69) is 55.6 Å². The van der Waals surface area contributed by atoms with Crippen molar-refractivity contribution in [3.8, 4) is 0 Å². The Labute approximate surface area is 474 Å². The molecule has 1 amide bonds. The van der Waals surface area contributed by atoms with Crippen LogP contribution < -0.4 is 5.32 Å². The van der Waals surface area contributed by atoms with Crippen LogP contribution in [0.25, 0.3) is 0 Å². The van der Waals surface area contributed by atoms with Gasteiger partial charge >= 0.3 is 5.97 Å². The summed E-state index contributed by atoms with van der Waals surface area (Å²) in [5.41, 5.74) is 0. The number of rotatable bonds is 63. The summed E-state index contributed by atoms with van der Waals surface area (Å²) in [4.78, 5) is 24.6. The molecule has 0 radical (unpaired) electrons. The Morgan fingerprint density at radius 3 is 1.04 bits per heavy atom. The van der Waals surface area contributed by atoms with Crippen molar-refractivity contribution in [2.45, 2.75) is 373 Å². The Balaban J connectivity index is 3.45. The van der Waals surface area contributed by atoms with Gasteiger partial charge < -0.3 is 20.3 Å². The summed E-state index contributed by atoms with van der Waals surface area (Å²) < 4.78 is 5.49. The second-order valence-corrected chi connectivity index (χ2v) is 23.1. The monoisotopic (exact) mass is 1070 g/mol. The van der Waals surface area contributed by atoms with Crippen molar-refractivity contribution in [1.29, 1.82) is 0 Å². The molecule has 0 saturated heterocycles. The molecule has 2 atom stereocenters. The van der Waals surface area contributed by atoms with E-state index < -0.39 is 12.1 Å². The minimum atomic E-state index is -0.851. The number of unbranched alkanes of at least 4 members (excludes halogenated alkanes) is 46. The van der Waals surface area contributed by atoms with E-state index in [0.29, 0.717) is 19.4 Å². The Morgan fingerprint density at radius 2 is 0.658 bits per heavy atom. The summed E-state index contributed by atoms with van der Waals surface area (Å²) in [5, 5.41) is 23.2. The number of carbonyl (C=O) groups excluding carboxylic acids is 2. The Bertz CT molecular complexity index is 1270. The van der Waals surface area contributed by atoms with E-state index in [1.165, 1.54) is 276 Å². The first-order valence-corrected chi connectivity index (χ1v) is 33.9. The highest BCUT2D eigenvalue weighted by molar-refractivity contribution is 5.76. The molecule has 0 saturated carbocycles. The third-order valence-corrected chi connectivity index (χ3v) is 15.6. The first kappa shape index (κ1) is 73.8. The Kier molecular flexibility index (Phi) is 63.5. The van der Waals surface area contributed by atoms with Crippen LogP contribution in [0.4, 0.5) is 0 Å². The number of esters is 1. The lowest BCUT2D eigenvalue weighted by Gasteiger charge is -2.20. The van der Waals surface area contributed by atoms with Crippen LogP contribution in [0.3, 0.4) is 0 Å². The Morgan fingerprint density at radius 1 is 0.368 bits per heavy atom. The fourth-order valence-corrected chi connectivity index (χ4v) is 10.4. The third kappa shape index (κ3) is 61.0. The van der Waals surface area contributed by atoms with Gasteiger partial charge in [0.2, 0.25) is 5.91 Å². The van der Waals surface area contributed by atoms with Gasteiger partial charge in [0.1, 0.15) is 0 Å². The summed E-state index contributed by atoms with van der Waals surface area (Å²) in [7, 11) is 0. The van der Waals surface area contributed by atoms with Crippen molar-refractivity contribution in [2.24, 2.45) is 0 Å². The van der Waals surface area contributed by atoms with Crippen LogP contribution in [0.15, 0.2) is 48.6 Å². The summed E-state index contributed by atoms with van der Waals surface area (Å²) in [6.45, 7) is 4.89. The van der Waals surface area contributed by atoms with Crippen LogP contribution in [-0.2, 0) is 14.3 Å². The molecule has 0 rings (SSSR count). The maximum Gasteiger partial charge on any atom is 0.305 e. The number of nitrogens with one attached hydrogen (secondary N) is 1. The van der Waals surface area contributed by atoms with Crippen LogP contribution in [0.2, 0.25) is 0 Å². The topological polar surface area (TPSA) is 95.9 Å². The molecule has 6 heteroatoms. The number of hydrogen-bond donors (Lipinski definition) is 3. The standard InChI is InChI=1S/C70H131NO5/c1-3-5-7-9-11-13-15-17-19-21-22-24-27-31-34-38-42-46-50-54-58-62-68(73)67(66-72)71-69(74)63-59-55-51-47-43-39-35-32-28-25-23-26-29-33-37-41-45-49-53-57-61-65-76-70(75)64-60-56-52-48-44-40-36-30-20-18-16-14-12-10-8-6-4-2/h12,14,18,20,25,28,58,62,67-68,72-73H,3-11,13,15-17,19,21-24,26-27,29-57,59-61,63-66H2,1-2H3,(H,71,74)/b14-12-,20-18-,28-25-,62-58+. The van der Waals surface area contributed by atoms with Gasteiger partial charge in [-0.15, -0.1) is 0 Å². The molecule has 0 spiro atoms. The minimum Gasteiger partial charge on any atom is -0.466 e. The molecule has 446 valence electrons. The van der Waals surface area contributed by atoms with Gasteiger partial charge in [0, 0.05) is 12.8 Å². The SMILES string of the molecule is CCCCC/C=C\C/C=C\CCCCCCCCCC(=O)OCCCCCCCCCCCC/C=C\CCCCCCCCCC(=O)NC(CO)C(O)/C=C/CCCCCCCCCCCCCCCCCCCCC. The number of allylic oxidation sites excluding steroid dienone is 7. The molecular formula is C70H131NO5. The van der Waals surface area contributed by atoms with E-state index in [9.17, 15) is 19.8 Å². The van der Waals surface area contributed by atoms with Crippen LogP contribution in [-0.4, -0.2) is 47.4 Å². The number of hydrogen-bond acceptors (Lipinski definition) is 5. The molecule has 0 bridgehead atoms. The van der Waals surface area contributed by atoms with Gasteiger partial charge in [-0.3, -0.25) is 9.59 Å². The molecule has 76 heavy (non-hydrogen) atoms. The van der Waals surface area contributed by atoms with Crippen molar-refractivity contribution in [1.82, 2.24) is 5.32 Å². The number of carbonyl (C=O) groups is 2. The molecule has 2 unspecified atom stereocenters. The lowest BCUT2D eigenvalue weighted by molar-refractivity contribution is -0.143. The van der Waals surface area contributed by atoms with Gasteiger partial charge in [0.25, 0.3) is 0 Å². The minimum absolute atomic E-state index is 0.0000104. The smallest absolute Gasteiger partial charge is 0.305 e. The van der Waals surface area contributed by atoms with Gasteiger partial charge in [-0.05, 0) is 89.9 Å². The predicted molar refractivity (Wildman–Crippen MR) is 333 cm³/mol. The lowest BCUT2D eigenvalue weighted by atomic mass is 10.0. The van der Waals surface area contributed by atoms with Crippen molar-refractivity contribution in [3.05, 3.63) is 48.6 Å². The zero-order valence-corrected chi connectivity index (χ0v) is 51.0. The number of ether oxygens (including phenoxy) is 1. The first-order valence-electron chi connectivity index (χ1n) is 33.9. The first-order chi connectivity index (χ1) is 37.5. The second kappa shape index (κ2) is 65.3. The number of aliphatic hydroxyl groups is 2. The highest BCUT2D eigenvalue weighted by atomic mass is 16.5. The van der Waals surface area contributed by atoms with E-state index in [0.717, 1.165) is 57.8 Å². The Hall–Kier alpha value is -2.18. The molecule has 0 aromatic rings. The van der Waals surface area contributed by atoms with E-state index in [1.54, 1.807) is 6.08 Å². The number of aliphatic hydroxyl groups excluding tert-OH is 2. The zero-order valence-electron chi connectivity index (χ0n) is 51.0. The van der Waals surface area contributed by atoms with Crippen LogP contribution in [0.5, 0.6) is 0 Å². The molecule has 0 aromatic carbocycles. The maximum atomic E-state index is 12.5. The van der Waals surface area contributed by atoms with Crippen molar-refractivity contribution in [3.63, 3.8) is 0 Å². The molecule has 0 aliphatic carbocycles. The van der Waals surface area contributed by atoms with Gasteiger partial charge in [-0.1, -0.05) is 306 Å². The van der Waals surface area contributed by atoms with Gasteiger partial charge in [0.05, 0.1) is 25.4 Å². The van der Waals surface area contributed by atoms with E-state index in [4.69, 9.17) is 4.74 Å². The molecule has 3 N–H and O–H groups in total. The average Bonchev–Trinajstić information content (AvgIpc) is 3.42. The van der Waals surface area contributed by atoms with Crippen LogP contribution in [0.1, 0.15) is 361 Å². The normalized spacial score (nSPS) is 12.8. The highest BCUT2D eigenvalue weighted by Crippen LogP contribution is 2.17. The molecule has 0 fully saturated rings. The van der Waals surface area contributed by atoms with Crippen molar-refractivity contribution >= 4 is 11.9 Å². The highest BCUT2D eigenvalue weighted by Gasteiger charge is 2.18. The van der Waals surface area contributed by atoms with E-state index in [-0.39, 0.29) is 18.5 Å². The maximum absolute atomic E-state index is 12.5. The molecule has 6 nitrogen and oxygen atoms in total. The van der Waals surface area contributed by atoms with Crippen LogP contribution >= 0.6 is 0 Å². The van der Waals surface area contributed by atoms with Gasteiger partial charge in [-0.2, -0.15) is 0 Å². The largest absolute Gasteiger partial charge is 0.466 e.